The van der Waals surface area contributed by atoms with E-state index in [2.05, 4.69) is 71.3 Å². The number of hydrogen-bond acceptors (Lipinski definition) is 10. The molecule has 0 bridgehead atoms. The molecule has 2 aliphatic heterocycles. The van der Waals surface area contributed by atoms with Crippen LogP contribution >= 0.6 is 0 Å². The van der Waals surface area contributed by atoms with Crippen LogP contribution in [0.25, 0.3) is 6.08 Å². The average molecular weight is 725 g/mol. The molecular formula is C43H52N2O8. The number of nitrogens with one attached hydrogen (secondary N) is 2. The molecule has 2 aliphatic rings. The van der Waals surface area contributed by atoms with E-state index >= 15 is 0 Å². The van der Waals surface area contributed by atoms with Gasteiger partial charge in [0, 0.05) is 12.1 Å². The molecule has 10 nitrogen and oxygen atoms in total. The summed E-state index contributed by atoms with van der Waals surface area (Å²) in [4.78, 5) is 0. The first-order valence-electron chi connectivity index (χ1n) is 18.0. The van der Waals surface area contributed by atoms with Gasteiger partial charge in [0.2, 0.25) is 0 Å². The van der Waals surface area contributed by atoms with E-state index in [1.165, 1.54) is 27.8 Å². The highest BCUT2D eigenvalue weighted by Gasteiger charge is 2.26. The lowest BCUT2D eigenvalue weighted by Gasteiger charge is -2.29. The van der Waals surface area contributed by atoms with Crippen LogP contribution in [-0.2, 0) is 32.1 Å². The van der Waals surface area contributed by atoms with E-state index in [4.69, 9.17) is 37.9 Å². The van der Waals surface area contributed by atoms with E-state index < -0.39 is 0 Å². The van der Waals surface area contributed by atoms with Crippen molar-refractivity contribution in [2.75, 3.05) is 70.0 Å². The molecule has 0 radical (unpaired) electrons. The van der Waals surface area contributed by atoms with Gasteiger partial charge in [0.05, 0.1) is 56.9 Å². The van der Waals surface area contributed by atoms with Crippen LogP contribution in [0.1, 0.15) is 56.6 Å². The van der Waals surface area contributed by atoms with Crippen LogP contribution in [0.3, 0.4) is 0 Å². The molecular weight excluding hydrogens is 672 g/mol. The van der Waals surface area contributed by atoms with Crippen molar-refractivity contribution in [2.24, 2.45) is 0 Å². The molecule has 282 valence electrons. The highest BCUT2D eigenvalue weighted by molar-refractivity contribution is 5.62. The Morgan fingerprint density at radius 3 is 1.32 bits per heavy atom. The summed E-state index contributed by atoms with van der Waals surface area (Å²) in [6, 6.07) is 16.9. The van der Waals surface area contributed by atoms with Gasteiger partial charge in [-0.25, -0.2) is 0 Å². The van der Waals surface area contributed by atoms with Crippen LogP contribution < -0.4 is 48.5 Å². The topological polar surface area (TPSA) is 97.9 Å². The minimum Gasteiger partial charge on any atom is -0.493 e. The lowest BCUT2D eigenvalue weighted by Crippen LogP contribution is -2.31. The molecule has 2 atom stereocenters. The van der Waals surface area contributed by atoms with E-state index in [0.717, 1.165) is 78.5 Å². The Hall–Kier alpha value is -5.06. The molecule has 4 aromatic carbocycles. The van der Waals surface area contributed by atoms with Crippen molar-refractivity contribution >= 4 is 6.08 Å². The summed E-state index contributed by atoms with van der Waals surface area (Å²) in [5.74, 6) is 5.73. The number of hydrogen-bond donors (Lipinski definition) is 2. The molecule has 0 aliphatic carbocycles. The number of ether oxygens (including phenoxy) is 8. The van der Waals surface area contributed by atoms with Crippen molar-refractivity contribution in [3.8, 4) is 46.0 Å². The Balaban J connectivity index is 1.33. The minimum absolute atomic E-state index is 0.0747. The van der Waals surface area contributed by atoms with Gasteiger partial charge in [-0.1, -0.05) is 12.2 Å². The third-order valence-electron chi connectivity index (χ3n) is 10.4. The fraction of sp³-hybridized carbons (Fsp3) is 0.395. The maximum atomic E-state index is 5.77. The molecule has 0 fully saturated rings. The second-order valence-electron chi connectivity index (χ2n) is 13.2. The molecule has 53 heavy (non-hydrogen) atoms. The fourth-order valence-electron chi connectivity index (χ4n) is 7.67. The molecule has 0 amide bonds. The van der Waals surface area contributed by atoms with Crippen LogP contribution in [0.15, 0.2) is 54.6 Å². The Labute approximate surface area is 313 Å². The van der Waals surface area contributed by atoms with E-state index in [0.29, 0.717) is 29.4 Å². The number of methoxy groups -OCH3 is 8. The summed E-state index contributed by atoms with van der Waals surface area (Å²) in [6.45, 7) is 1.74. The summed E-state index contributed by atoms with van der Waals surface area (Å²) >= 11 is 0. The number of rotatable bonds is 15. The smallest absolute Gasteiger partial charge is 0.161 e. The molecule has 0 saturated carbocycles. The van der Waals surface area contributed by atoms with Crippen molar-refractivity contribution < 1.29 is 37.9 Å². The molecule has 2 N–H and O–H groups in total. The molecule has 2 heterocycles. The monoisotopic (exact) mass is 724 g/mol. The van der Waals surface area contributed by atoms with Gasteiger partial charge < -0.3 is 48.5 Å². The first-order chi connectivity index (χ1) is 25.9. The van der Waals surface area contributed by atoms with Gasteiger partial charge in [-0.05, 0) is 138 Å². The van der Waals surface area contributed by atoms with Crippen molar-refractivity contribution in [3.05, 3.63) is 99.1 Å². The van der Waals surface area contributed by atoms with Crippen molar-refractivity contribution in [3.63, 3.8) is 0 Å². The summed E-state index contributed by atoms with van der Waals surface area (Å²) in [5.41, 5.74) is 9.48. The first kappa shape index (κ1) is 37.7. The second kappa shape index (κ2) is 17.2. The van der Waals surface area contributed by atoms with Gasteiger partial charge in [-0.2, -0.15) is 0 Å². The number of fused-ring (bicyclic) bond motifs is 2. The molecule has 4 aromatic rings. The van der Waals surface area contributed by atoms with Gasteiger partial charge in [0.1, 0.15) is 0 Å². The van der Waals surface area contributed by atoms with Crippen LogP contribution in [0, 0.1) is 0 Å². The van der Waals surface area contributed by atoms with Gasteiger partial charge in [0.15, 0.2) is 46.0 Å². The lowest BCUT2D eigenvalue weighted by atomic mass is 9.87. The SMILES string of the molecule is COc1cc(/C=C/Cc2cc(OC)c(OC)cc2C[C@@H]2NCCc3cc(OC)c(OC)cc32)c(C[C@@H]2NCCc3cc(OC)c(OC)cc32)cc1OC. The van der Waals surface area contributed by atoms with Crippen LogP contribution in [0.4, 0.5) is 0 Å². The largest absolute Gasteiger partial charge is 0.493 e. The molecule has 10 heteroatoms. The normalized spacial score (nSPS) is 16.4. The van der Waals surface area contributed by atoms with Crippen molar-refractivity contribution in [1.29, 1.82) is 0 Å². The fourth-order valence-corrected chi connectivity index (χ4v) is 7.67. The predicted octanol–water partition coefficient (Wildman–Crippen LogP) is 6.87. The zero-order valence-electron chi connectivity index (χ0n) is 32.1. The minimum atomic E-state index is 0.0747. The Bertz CT molecular complexity index is 1940. The summed E-state index contributed by atoms with van der Waals surface area (Å²) in [7, 11) is 13.4. The van der Waals surface area contributed by atoms with Crippen LogP contribution in [-0.4, -0.2) is 70.0 Å². The average Bonchev–Trinajstić information content (AvgIpc) is 3.20. The summed E-state index contributed by atoms with van der Waals surface area (Å²) in [5, 5.41) is 7.48. The quantitative estimate of drug-likeness (QED) is 0.135. The highest BCUT2D eigenvalue weighted by atomic mass is 16.5. The highest BCUT2D eigenvalue weighted by Crippen LogP contribution is 2.40. The molecule has 0 unspecified atom stereocenters. The first-order valence-corrected chi connectivity index (χ1v) is 18.0. The van der Waals surface area contributed by atoms with E-state index in [-0.39, 0.29) is 12.1 Å². The third kappa shape index (κ3) is 7.99. The molecule has 6 rings (SSSR count). The van der Waals surface area contributed by atoms with E-state index in [9.17, 15) is 0 Å². The molecule has 0 spiro atoms. The van der Waals surface area contributed by atoms with E-state index in [1.54, 1.807) is 56.9 Å². The maximum absolute atomic E-state index is 5.77. The number of allylic oxidation sites excluding steroid dienone is 1. The Kier molecular flexibility index (Phi) is 12.2. The number of benzene rings is 4. The van der Waals surface area contributed by atoms with Gasteiger partial charge >= 0.3 is 0 Å². The van der Waals surface area contributed by atoms with Crippen molar-refractivity contribution in [2.45, 2.75) is 44.2 Å². The summed E-state index contributed by atoms with van der Waals surface area (Å²) < 4.78 is 45.7. The van der Waals surface area contributed by atoms with Crippen LogP contribution in [0.5, 0.6) is 46.0 Å². The van der Waals surface area contributed by atoms with Gasteiger partial charge in [-0.3, -0.25) is 0 Å². The van der Waals surface area contributed by atoms with Gasteiger partial charge in [0.25, 0.3) is 0 Å². The zero-order valence-corrected chi connectivity index (χ0v) is 32.1. The standard InChI is InChI=1S/C43H52N2O8/c1-46-36-18-26(30(22-40(36)50-5)16-34-32-24-42(52-7)38(48-3)20-28(32)12-14-44-34)10-9-11-27-19-37(47-2)41(51-6)23-31(27)17-35-33-25-43(53-8)39(49-4)21-29(33)13-15-45-35/h9-10,18-25,34-35,44-45H,11-17H2,1-8H3/b10-9+/t34-,35-/m0/s1. The van der Waals surface area contributed by atoms with Gasteiger partial charge in [-0.15, -0.1) is 0 Å². The predicted molar refractivity (Wildman–Crippen MR) is 207 cm³/mol. The lowest BCUT2D eigenvalue weighted by molar-refractivity contribution is 0.351. The molecule has 0 saturated heterocycles. The Morgan fingerprint density at radius 1 is 0.472 bits per heavy atom. The zero-order chi connectivity index (χ0) is 37.5. The van der Waals surface area contributed by atoms with Crippen LogP contribution in [0.2, 0.25) is 0 Å². The van der Waals surface area contributed by atoms with Crippen molar-refractivity contribution in [1.82, 2.24) is 10.6 Å². The second-order valence-corrected chi connectivity index (χ2v) is 13.2. The Morgan fingerprint density at radius 2 is 0.849 bits per heavy atom. The van der Waals surface area contributed by atoms with E-state index in [1.807, 2.05) is 0 Å². The third-order valence-corrected chi connectivity index (χ3v) is 10.4. The summed E-state index contributed by atoms with van der Waals surface area (Å²) in [6.07, 6.45) is 8.41. The maximum Gasteiger partial charge on any atom is 0.161 e. The molecule has 0 aromatic heterocycles.